The summed E-state index contributed by atoms with van der Waals surface area (Å²) in [5, 5.41) is 3.25. The lowest BCUT2D eigenvalue weighted by Gasteiger charge is -2.19. The van der Waals surface area contributed by atoms with Crippen molar-refractivity contribution in [3.63, 3.8) is 0 Å². The molecular formula is C36H25O5P. The van der Waals surface area contributed by atoms with E-state index in [9.17, 15) is 14.2 Å². The van der Waals surface area contributed by atoms with Gasteiger partial charge in [-0.15, -0.1) is 0 Å². The highest BCUT2D eigenvalue weighted by atomic mass is 31.1. The van der Waals surface area contributed by atoms with Gasteiger partial charge in [0.05, 0.1) is 30.7 Å². The van der Waals surface area contributed by atoms with E-state index in [0.717, 1.165) is 16.3 Å². The van der Waals surface area contributed by atoms with E-state index in [0.29, 0.717) is 39.0 Å². The van der Waals surface area contributed by atoms with Gasteiger partial charge in [-0.05, 0) is 50.9 Å². The predicted molar refractivity (Wildman–Crippen MR) is 167 cm³/mol. The van der Waals surface area contributed by atoms with Crippen LogP contribution in [-0.2, 0) is 4.57 Å². The molecule has 0 radical (unpaired) electrons. The minimum Gasteiger partial charge on any atom is -0.496 e. The molecule has 0 unspecified atom stereocenters. The zero-order valence-electron chi connectivity index (χ0n) is 23.0. The molecule has 6 heteroatoms. The zero-order valence-corrected chi connectivity index (χ0v) is 23.9. The molecule has 6 aromatic carbocycles. The van der Waals surface area contributed by atoms with Crippen LogP contribution in [0.1, 0.15) is 31.8 Å². The highest BCUT2D eigenvalue weighted by molar-refractivity contribution is 7.34. The Morgan fingerprint density at radius 2 is 1.02 bits per heavy atom. The number of benzene rings is 6. The van der Waals surface area contributed by atoms with Gasteiger partial charge in [-0.1, -0.05) is 97.1 Å². The lowest BCUT2D eigenvalue weighted by molar-refractivity contribution is 0.100. The van der Waals surface area contributed by atoms with Crippen molar-refractivity contribution in [2.45, 2.75) is 0 Å². The van der Waals surface area contributed by atoms with Crippen molar-refractivity contribution in [3.8, 4) is 22.6 Å². The van der Waals surface area contributed by atoms with Gasteiger partial charge < -0.3 is 9.47 Å². The molecule has 0 aliphatic rings. The molecule has 0 amide bonds. The van der Waals surface area contributed by atoms with Crippen LogP contribution in [0.3, 0.4) is 0 Å². The Labute approximate surface area is 244 Å². The number of carbonyl (C=O) groups is 2. The second kappa shape index (κ2) is 11.4. The zero-order chi connectivity index (χ0) is 29.2. The summed E-state index contributed by atoms with van der Waals surface area (Å²) >= 11 is 0. The standard InChI is InChI=1S/C36H25O5P/c1-40-28-19-16-23-12-6-8-14-25(23)31(28)35(37)33-27(22-10-4-3-5-11-22)18-21-30(42-39)34(33)36(38)32-26-15-9-7-13-24(26)17-20-29(32)41-2/h3-21H,1-2H3. The average molecular weight is 569 g/mol. The van der Waals surface area contributed by atoms with Crippen molar-refractivity contribution in [1.82, 2.24) is 0 Å². The van der Waals surface area contributed by atoms with Crippen LogP contribution in [0, 0.1) is 0 Å². The lowest BCUT2D eigenvalue weighted by atomic mass is 9.84. The second-order valence-electron chi connectivity index (χ2n) is 9.73. The first kappa shape index (κ1) is 27.1. The predicted octanol–water partition coefficient (Wildman–Crippen LogP) is 8.06. The monoisotopic (exact) mass is 568 g/mol. The molecule has 0 fully saturated rings. The van der Waals surface area contributed by atoms with Crippen LogP contribution in [0.25, 0.3) is 32.7 Å². The Hall–Kier alpha value is -5.12. The SMILES string of the molecule is COc1ccc2ccccc2c1C(=O)c1c(P=O)ccc(-c2ccccc2)c1C(=O)c1c(OC)ccc2ccccc12. The minimum absolute atomic E-state index is 0.0580. The average Bonchev–Trinajstić information content (AvgIpc) is 3.06. The Morgan fingerprint density at radius 3 is 1.55 bits per heavy atom. The molecule has 0 N–H and O–H groups in total. The van der Waals surface area contributed by atoms with Crippen LogP contribution in [0.4, 0.5) is 0 Å². The van der Waals surface area contributed by atoms with Gasteiger partial charge in [-0.25, -0.2) is 0 Å². The summed E-state index contributed by atoms with van der Waals surface area (Å²) in [7, 11) is 2.62. The van der Waals surface area contributed by atoms with E-state index >= 15 is 0 Å². The normalized spacial score (nSPS) is 11.1. The molecular weight excluding hydrogens is 543 g/mol. The van der Waals surface area contributed by atoms with E-state index < -0.39 is 20.0 Å². The number of fused-ring (bicyclic) bond motifs is 2. The maximum absolute atomic E-state index is 14.9. The molecule has 0 saturated heterocycles. The van der Waals surface area contributed by atoms with E-state index in [1.54, 1.807) is 24.3 Å². The van der Waals surface area contributed by atoms with Crippen LogP contribution < -0.4 is 14.8 Å². The molecule has 42 heavy (non-hydrogen) atoms. The topological polar surface area (TPSA) is 69.7 Å². The number of rotatable bonds is 8. The van der Waals surface area contributed by atoms with E-state index in [-0.39, 0.29) is 16.4 Å². The summed E-state index contributed by atoms with van der Waals surface area (Å²) in [6.07, 6.45) is 0. The molecule has 0 saturated carbocycles. The molecule has 6 aromatic rings. The van der Waals surface area contributed by atoms with Crippen molar-refractivity contribution in [3.05, 3.63) is 138 Å². The molecule has 204 valence electrons. The first-order chi connectivity index (χ1) is 20.6. The van der Waals surface area contributed by atoms with E-state index in [2.05, 4.69) is 0 Å². The Balaban J connectivity index is 1.73. The Morgan fingerprint density at radius 1 is 0.524 bits per heavy atom. The maximum Gasteiger partial charge on any atom is 0.199 e. The molecule has 0 aliphatic carbocycles. The van der Waals surface area contributed by atoms with Crippen molar-refractivity contribution in [2.24, 2.45) is 0 Å². The van der Waals surface area contributed by atoms with Crippen LogP contribution in [0.2, 0.25) is 0 Å². The molecule has 0 aromatic heterocycles. The van der Waals surface area contributed by atoms with Crippen LogP contribution in [0.15, 0.2) is 115 Å². The van der Waals surface area contributed by atoms with Crippen molar-refractivity contribution < 1.29 is 23.6 Å². The van der Waals surface area contributed by atoms with Crippen LogP contribution >= 0.6 is 8.46 Å². The quantitative estimate of drug-likeness (QED) is 0.137. The minimum atomic E-state index is -0.456. The van der Waals surface area contributed by atoms with Crippen molar-refractivity contribution in [2.75, 3.05) is 14.2 Å². The van der Waals surface area contributed by atoms with Gasteiger partial charge in [0.25, 0.3) is 0 Å². The highest BCUT2D eigenvalue weighted by Crippen LogP contribution is 2.38. The van der Waals surface area contributed by atoms with Gasteiger partial charge in [0.15, 0.2) is 20.0 Å². The highest BCUT2D eigenvalue weighted by Gasteiger charge is 2.31. The largest absolute Gasteiger partial charge is 0.496 e. The van der Waals surface area contributed by atoms with Crippen molar-refractivity contribution in [1.29, 1.82) is 0 Å². The van der Waals surface area contributed by atoms with Gasteiger partial charge in [0.2, 0.25) is 0 Å². The Bertz CT molecular complexity index is 2010. The summed E-state index contributed by atoms with van der Waals surface area (Å²) in [6, 6.07) is 35.1. The number of ether oxygens (including phenoxy) is 2. The van der Waals surface area contributed by atoms with E-state index in [4.69, 9.17) is 9.47 Å². The molecule has 0 atom stereocenters. The first-order valence-electron chi connectivity index (χ1n) is 13.3. The Kier molecular flexibility index (Phi) is 7.35. The summed E-state index contributed by atoms with van der Waals surface area (Å²) in [4.78, 5) is 29.7. The molecule has 6 rings (SSSR count). The fraction of sp³-hybridized carbons (Fsp3) is 0.0556. The molecule has 0 spiro atoms. The fourth-order valence-corrected chi connectivity index (χ4v) is 5.99. The number of hydrogen-bond acceptors (Lipinski definition) is 5. The van der Waals surface area contributed by atoms with E-state index in [1.165, 1.54) is 14.2 Å². The van der Waals surface area contributed by atoms with Crippen molar-refractivity contribution >= 4 is 46.9 Å². The van der Waals surface area contributed by atoms with E-state index in [1.807, 2.05) is 91.0 Å². The molecule has 0 aliphatic heterocycles. The maximum atomic E-state index is 14.9. The number of methoxy groups -OCH3 is 2. The van der Waals surface area contributed by atoms with Gasteiger partial charge >= 0.3 is 0 Å². The third kappa shape index (κ3) is 4.54. The first-order valence-corrected chi connectivity index (χ1v) is 14.1. The summed E-state index contributed by atoms with van der Waals surface area (Å²) in [5.74, 6) is -0.125. The number of ketones is 2. The fourth-order valence-electron chi connectivity index (χ4n) is 5.55. The molecule has 0 bridgehead atoms. The number of hydrogen-bond donors (Lipinski definition) is 0. The molecule has 5 nitrogen and oxygen atoms in total. The van der Waals surface area contributed by atoms with Gasteiger partial charge in [-0.3, -0.25) is 14.2 Å². The van der Waals surface area contributed by atoms with Gasteiger partial charge in [0, 0.05) is 11.1 Å². The smallest absolute Gasteiger partial charge is 0.199 e. The lowest BCUT2D eigenvalue weighted by Crippen LogP contribution is -2.21. The second-order valence-corrected chi connectivity index (χ2v) is 10.4. The van der Waals surface area contributed by atoms with Crippen LogP contribution in [-0.4, -0.2) is 25.8 Å². The van der Waals surface area contributed by atoms with Crippen LogP contribution in [0.5, 0.6) is 11.5 Å². The third-order valence-electron chi connectivity index (χ3n) is 7.50. The number of carbonyl (C=O) groups excluding carboxylic acids is 2. The summed E-state index contributed by atoms with van der Waals surface area (Å²) < 4.78 is 24.0. The van der Waals surface area contributed by atoms with Gasteiger partial charge in [-0.2, -0.15) is 0 Å². The summed E-state index contributed by atoms with van der Waals surface area (Å²) in [5.41, 5.74) is 2.12. The third-order valence-corrected chi connectivity index (χ3v) is 8.07. The molecule has 0 heterocycles. The summed E-state index contributed by atoms with van der Waals surface area (Å²) in [6.45, 7) is 0. The van der Waals surface area contributed by atoms with Gasteiger partial charge in [0.1, 0.15) is 11.5 Å².